The highest BCUT2D eigenvalue weighted by molar-refractivity contribution is 5.96. The summed E-state index contributed by atoms with van der Waals surface area (Å²) >= 11 is 0. The number of esters is 1. The Bertz CT molecular complexity index is 464. The first-order valence-corrected chi connectivity index (χ1v) is 5.28. The lowest BCUT2D eigenvalue weighted by molar-refractivity contribution is -0.138. The molecule has 92 valence electrons. The van der Waals surface area contributed by atoms with Gasteiger partial charge >= 0.3 is 5.97 Å². The summed E-state index contributed by atoms with van der Waals surface area (Å²) in [5.41, 5.74) is 0.729. The van der Waals surface area contributed by atoms with Crippen LogP contribution in [0, 0.1) is 11.6 Å². The van der Waals surface area contributed by atoms with E-state index in [0.29, 0.717) is 5.57 Å². The molecule has 2 nitrogen and oxygen atoms in total. The lowest BCUT2D eigenvalue weighted by atomic mass is 10.0. The molecule has 0 saturated carbocycles. The van der Waals surface area contributed by atoms with Crippen molar-refractivity contribution in [2.24, 2.45) is 0 Å². The zero-order chi connectivity index (χ0) is 13.0. The van der Waals surface area contributed by atoms with Crippen LogP contribution in [0.2, 0.25) is 0 Å². The molecule has 4 heteroatoms. The van der Waals surface area contributed by atoms with E-state index >= 15 is 0 Å². The molecule has 0 aromatic heterocycles. The second-order valence-electron chi connectivity index (χ2n) is 3.57. The number of allylic oxidation sites excluding steroid dienone is 1. The molecule has 0 aliphatic carbocycles. The Morgan fingerprint density at radius 2 is 1.94 bits per heavy atom. The van der Waals surface area contributed by atoms with Crippen molar-refractivity contribution in [2.75, 3.05) is 6.61 Å². The zero-order valence-corrected chi connectivity index (χ0v) is 10.0. The molecule has 0 aliphatic heterocycles. The lowest BCUT2D eigenvalue weighted by Crippen LogP contribution is -2.07. The van der Waals surface area contributed by atoms with E-state index in [1.54, 1.807) is 13.8 Å². The van der Waals surface area contributed by atoms with Gasteiger partial charge in [-0.3, -0.25) is 0 Å². The fraction of sp³-hybridized carbons (Fsp3) is 0.308. The number of ether oxygens (including phenoxy) is 1. The first-order chi connectivity index (χ1) is 7.99. The Kier molecular flexibility index (Phi) is 4.37. The van der Waals surface area contributed by atoms with Crippen LogP contribution < -0.4 is 0 Å². The quantitative estimate of drug-likeness (QED) is 0.598. The molecule has 0 saturated heterocycles. The van der Waals surface area contributed by atoms with Gasteiger partial charge in [0.2, 0.25) is 0 Å². The molecule has 17 heavy (non-hydrogen) atoms. The maximum Gasteiger partial charge on any atom is 0.333 e. The van der Waals surface area contributed by atoms with Crippen molar-refractivity contribution < 1.29 is 18.3 Å². The minimum Gasteiger partial charge on any atom is -0.463 e. The minimum atomic E-state index is -0.950. The molecule has 1 aromatic rings. The van der Waals surface area contributed by atoms with Crippen LogP contribution in [0.3, 0.4) is 0 Å². The van der Waals surface area contributed by atoms with Gasteiger partial charge in [-0.1, -0.05) is 12.1 Å². The van der Waals surface area contributed by atoms with Gasteiger partial charge in [0.05, 0.1) is 6.61 Å². The van der Waals surface area contributed by atoms with Gasteiger partial charge in [-0.05, 0) is 32.4 Å². The van der Waals surface area contributed by atoms with Crippen LogP contribution >= 0.6 is 0 Å². The first-order valence-electron chi connectivity index (χ1n) is 5.28. The molecule has 0 atom stereocenters. The van der Waals surface area contributed by atoms with Crippen LogP contribution in [0.25, 0.3) is 5.57 Å². The van der Waals surface area contributed by atoms with Gasteiger partial charge in [-0.15, -0.1) is 0 Å². The molecule has 0 spiro atoms. The minimum absolute atomic E-state index is 0.0792. The van der Waals surface area contributed by atoms with Crippen molar-refractivity contribution in [3.8, 4) is 0 Å². The number of hydrogen-bond acceptors (Lipinski definition) is 2. The number of benzene rings is 1. The maximum atomic E-state index is 13.5. The van der Waals surface area contributed by atoms with E-state index in [2.05, 4.69) is 0 Å². The van der Waals surface area contributed by atoms with Crippen molar-refractivity contribution in [1.29, 1.82) is 0 Å². The van der Waals surface area contributed by atoms with Crippen molar-refractivity contribution in [2.45, 2.75) is 20.8 Å². The molecule has 0 bridgehead atoms. The molecular formula is C13H14F2O2. The summed E-state index contributed by atoms with van der Waals surface area (Å²) in [4.78, 5) is 11.5. The van der Waals surface area contributed by atoms with E-state index in [4.69, 9.17) is 4.74 Å². The predicted molar refractivity (Wildman–Crippen MR) is 61.3 cm³/mol. The molecule has 0 aliphatic rings. The van der Waals surface area contributed by atoms with Crippen LogP contribution in [0.5, 0.6) is 0 Å². The Morgan fingerprint density at radius 3 is 2.53 bits per heavy atom. The third-order valence-electron chi connectivity index (χ3n) is 2.50. The third-order valence-corrected chi connectivity index (χ3v) is 2.50. The van der Waals surface area contributed by atoms with Crippen molar-refractivity contribution in [1.82, 2.24) is 0 Å². The maximum absolute atomic E-state index is 13.5. The molecule has 1 aromatic carbocycles. The van der Waals surface area contributed by atoms with E-state index in [1.807, 2.05) is 0 Å². The molecule has 0 heterocycles. The summed E-state index contributed by atoms with van der Waals surface area (Å²) in [6, 6.07) is 3.86. The van der Waals surface area contributed by atoms with Crippen LogP contribution in [0.1, 0.15) is 26.3 Å². The second-order valence-corrected chi connectivity index (χ2v) is 3.57. The second kappa shape index (κ2) is 5.57. The monoisotopic (exact) mass is 240 g/mol. The Morgan fingerprint density at radius 1 is 1.29 bits per heavy atom. The number of hydrogen-bond donors (Lipinski definition) is 0. The molecule has 0 radical (unpaired) electrons. The molecular weight excluding hydrogens is 226 g/mol. The summed E-state index contributed by atoms with van der Waals surface area (Å²) in [5, 5.41) is 0. The van der Waals surface area contributed by atoms with Crippen molar-refractivity contribution >= 4 is 11.5 Å². The number of carbonyl (C=O) groups excluding carboxylic acids is 1. The molecule has 1 rings (SSSR count). The van der Waals surface area contributed by atoms with Gasteiger partial charge in [0.1, 0.15) is 0 Å². The molecule has 0 N–H and O–H groups in total. The number of halogens is 2. The van der Waals surface area contributed by atoms with E-state index < -0.39 is 17.6 Å². The Hall–Kier alpha value is -1.71. The van der Waals surface area contributed by atoms with Crippen LogP contribution in [-0.4, -0.2) is 12.6 Å². The SMILES string of the molecule is CCOC(=O)/C(C)=C(/C)c1cccc(F)c1F. The standard InChI is InChI=1S/C13H14F2O2/c1-4-17-13(16)9(3)8(2)10-6-5-7-11(14)12(10)15/h5-7H,4H2,1-3H3/b9-8-. The molecule has 0 unspecified atom stereocenters. The van der Waals surface area contributed by atoms with E-state index in [1.165, 1.54) is 19.1 Å². The number of rotatable bonds is 3. The van der Waals surface area contributed by atoms with Gasteiger partial charge in [0.25, 0.3) is 0 Å². The van der Waals surface area contributed by atoms with Gasteiger partial charge < -0.3 is 4.74 Å². The van der Waals surface area contributed by atoms with Gasteiger partial charge in [0, 0.05) is 11.1 Å². The summed E-state index contributed by atoms with van der Waals surface area (Å²) in [7, 11) is 0. The summed E-state index contributed by atoms with van der Waals surface area (Å²) in [6.45, 7) is 5.01. The highest BCUT2D eigenvalue weighted by atomic mass is 19.2. The molecule has 0 fully saturated rings. The van der Waals surface area contributed by atoms with E-state index in [0.717, 1.165) is 6.07 Å². The van der Waals surface area contributed by atoms with Crippen LogP contribution in [-0.2, 0) is 9.53 Å². The van der Waals surface area contributed by atoms with Crippen LogP contribution in [0.15, 0.2) is 23.8 Å². The highest BCUT2D eigenvalue weighted by Gasteiger charge is 2.14. The smallest absolute Gasteiger partial charge is 0.333 e. The third kappa shape index (κ3) is 2.90. The van der Waals surface area contributed by atoms with Gasteiger partial charge in [-0.25, -0.2) is 13.6 Å². The number of carbonyl (C=O) groups is 1. The van der Waals surface area contributed by atoms with E-state index in [9.17, 15) is 13.6 Å². The van der Waals surface area contributed by atoms with Gasteiger partial charge in [-0.2, -0.15) is 0 Å². The topological polar surface area (TPSA) is 26.3 Å². The predicted octanol–water partition coefficient (Wildman–Crippen LogP) is 3.32. The lowest BCUT2D eigenvalue weighted by Gasteiger charge is -2.08. The molecule has 0 amide bonds. The van der Waals surface area contributed by atoms with Crippen molar-refractivity contribution in [3.05, 3.63) is 41.0 Å². The average molecular weight is 240 g/mol. The first kappa shape index (κ1) is 13.4. The van der Waals surface area contributed by atoms with Crippen molar-refractivity contribution in [3.63, 3.8) is 0 Å². The summed E-state index contributed by atoms with van der Waals surface area (Å²) < 4.78 is 31.3. The van der Waals surface area contributed by atoms with Gasteiger partial charge in [0.15, 0.2) is 11.6 Å². The summed E-state index contributed by atoms with van der Waals surface area (Å²) in [5.74, 6) is -2.40. The normalized spacial score (nSPS) is 12.1. The fourth-order valence-electron chi connectivity index (χ4n) is 1.39. The van der Waals surface area contributed by atoms with Crippen LogP contribution in [0.4, 0.5) is 8.78 Å². The zero-order valence-electron chi connectivity index (χ0n) is 10.0. The van der Waals surface area contributed by atoms with E-state index in [-0.39, 0.29) is 17.7 Å². The largest absolute Gasteiger partial charge is 0.463 e. The average Bonchev–Trinajstić information content (AvgIpc) is 2.31. The Labute approximate surface area is 98.9 Å². The fourth-order valence-corrected chi connectivity index (χ4v) is 1.39. The Balaban J connectivity index is 3.19. The summed E-state index contributed by atoms with van der Waals surface area (Å²) in [6.07, 6.45) is 0. The highest BCUT2D eigenvalue weighted by Crippen LogP contribution is 2.23.